The number of hydrogen-bond donors (Lipinski definition) is 2. The van der Waals surface area contributed by atoms with Gasteiger partial charge < -0.3 is 15.8 Å². The lowest BCUT2D eigenvalue weighted by atomic mass is 10.2. The van der Waals surface area contributed by atoms with Gasteiger partial charge in [0.05, 0.1) is 12.4 Å². The highest BCUT2D eigenvalue weighted by Gasteiger charge is 2.20. The summed E-state index contributed by atoms with van der Waals surface area (Å²) in [7, 11) is 2.03. The van der Waals surface area contributed by atoms with Gasteiger partial charge in [0, 0.05) is 13.1 Å². The molecule has 0 saturated heterocycles. The van der Waals surface area contributed by atoms with Crippen molar-refractivity contribution in [3.63, 3.8) is 0 Å². The molecule has 1 aliphatic carbocycles. The van der Waals surface area contributed by atoms with Crippen LogP contribution in [0, 0.1) is 0 Å². The van der Waals surface area contributed by atoms with Crippen LogP contribution in [0.15, 0.2) is 17.5 Å². The van der Waals surface area contributed by atoms with E-state index in [0.29, 0.717) is 11.7 Å². The zero-order valence-corrected chi connectivity index (χ0v) is 9.87. The maximum Gasteiger partial charge on any atom is 0.190 e. The first-order valence-corrected chi connectivity index (χ1v) is 5.75. The number of oxime groups is 1. The van der Waals surface area contributed by atoms with E-state index in [2.05, 4.69) is 20.0 Å². The molecule has 92 valence electrons. The van der Waals surface area contributed by atoms with Gasteiger partial charge >= 0.3 is 0 Å². The summed E-state index contributed by atoms with van der Waals surface area (Å²) in [6.45, 7) is 0. The summed E-state index contributed by atoms with van der Waals surface area (Å²) in [5.74, 6) is 0.805. The van der Waals surface area contributed by atoms with Crippen LogP contribution in [0.2, 0.25) is 0 Å². The molecule has 1 heterocycles. The summed E-state index contributed by atoms with van der Waals surface area (Å²) >= 11 is 0. The van der Waals surface area contributed by atoms with Crippen molar-refractivity contribution in [1.82, 2.24) is 9.97 Å². The van der Waals surface area contributed by atoms with E-state index in [9.17, 15) is 0 Å². The van der Waals surface area contributed by atoms with Crippen LogP contribution in [-0.4, -0.2) is 34.1 Å². The van der Waals surface area contributed by atoms with E-state index in [4.69, 9.17) is 10.9 Å². The summed E-state index contributed by atoms with van der Waals surface area (Å²) in [5.41, 5.74) is 5.81. The Hall–Kier alpha value is -1.85. The largest absolute Gasteiger partial charge is 0.409 e. The number of hydrogen-bond acceptors (Lipinski definition) is 5. The van der Waals surface area contributed by atoms with Crippen molar-refractivity contribution in [2.45, 2.75) is 31.7 Å². The summed E-state index contributed by atoms with van der Waals surface area (Å²) in [6.07, 6.45) is 8.16. The van der Waals surface area contributed by atoms with Gasteiger partial charge in [0.2, 0.25) is 0 Å². The fourth-order valence-electron chi connectivity index (χ4n) is 2.17. The van der Waals surface area contributed by atoms with Gasteiger partial charge in [-0.25, -0.2) is 9.97 Å². The molecule has 1 saturated carbocycles. The molecule has 0 atom stereocenters. The first-order chi connectivity index (χ1) is 8.22. The van der Waals surface area contributed by atoms with Crippen LogP contribution in [0.3, 0.4) is 0 Å². The lowest BCUT2D eigenvalue weighted by Crippen LogP contribution is -2.30. The topological polar surface area (TPSA) is 87.6 Å². The molecule has 0 aliphatic heterocycles. The van der Waals surface area contributed by atoms with Crippen molar-refractivity contribution in [2.24, 2.45) is 10.9 Å². The van der Waals surface area contributed by atoms with Gasteiger partial charge in [0.25, 0.3) is 0 Å². The molecule has 0 unspecified atom stereocenters. The Morgan fingerprint density at radius 2 is 2.12 bits per heavy atom. The van der Waals surface area contributed by atoms with Gasteiger partial charge in [0.1, 0.15) is 11.5 Å². The highest BCUT2D eigenvalue weighted by molar-refractivity contribution is 5.94. The number of anilines is 1. The fraction of sp³-hybridized carbons (Fsp3) is 0.545. The number of rotatable bonds is 3. The minimum Gasteiger partial charge on any atom is -0.409 e. The Morgan fingerprint density at radius 1 is 1.41 bits per heavy atom. The van der Waals surface area contributed by atoms with E-state index in [1.807, 2.05) is 7.05 Å². The molecule has 6 nitrogen and oxygen atoms in total. The highest BCUT2D eigenvalue weighted by atomic mass is 16.4. The van der Waals surface area contributed by atoms with E-state index in [-0.39, 0.29) is 5.84 Å². The second-order valence-corrected chi connectivity index (χ2v) is 4.29. The standard InChI is InChI=1S/C11H17N5O/c1-16(8-4-2-3-5-8)10-7-13-9(6-14-10)11(12)15-17/h6-8,17H,2-5H2,1H3,(H2,12,15). The van der Waals surface area contributed by atoms with Crippen LogP contribution in [0.5, 0.6) is 0 Å². The second-order valence-electron chi connectivity index (χ2n) is 4.29. The van der Waals surface area contributed by atoms with Crippen LogP contribution >= 0.6 is 0 Å². The molecule has 1 aromatic rings. The lowest BCUT2D eigenvalue weighted by molar-refractivity contribution is 0.318. The van der Waals surface area contributed by atoms with Crippen LogP contribution in [0.25, 0.3) is 0 Å². The maximum absolute atomic E-state index is 8.52. The Bertz CT molecular complexity index is 397. The molecule has 0 radical (unpaired) electrons. The molecule has 2 rings (SSSR count). The van der Waals surface area contributed by atoms with E-state index < -0.39 is 0 Å². The monoisotopic (exact) mass is 235 g/mol. The van der Waals surface area contributed by atoms with E-state index in [0.717, 1.165) is 5.82 Å². The fourth-order valence-corrected chi connectivity index (χ4v) is 2.17. The average Bonchev–Trinajstić information content (AvgIpc) is 2.91. The van der Waals surface area contributed by atoms with Crippen molar-refractivity contribution in [3.8, 4) is 0 Å². The number of nitrogens with zero attached hydrogens (tertiary/aromatic N) is 4. The van der Waals surface area contributed by atoms with Crippen LogP contribution in [0.1, 0.15) is 31.4 Å². The Balaban J connectivity index is 2.11. The van der Waals surface area contributed by atoms with Gasteiger partial charge in [-0.15, -0.1) is 0 Å². The second kappa shape index (κ2) is 4.99. The zero-order chi connectivity index (χ0) is 12.3. The minimum absolute atomic E-state index is 0.0208. The summed E-state index contributed by atoms with van der Waals surface area (Å²) in [5, 5.41) is 11.4. The van der Waals surface area contributed by atoms with Crippen molar-refractivity contribution in [3.05, 3.63) is 18.1 Å². The molecule has 0 spiro atoms. The van der Waals surface area contributed by atoms with Gasteiger partial charge in [0.15, 0.2) is 5.84 Å². The third-order valence-electron chi connectivity index (χ3n) is 3.24. The molecule has 1 aliphatic rings. The van der Waals surface area contributed by atoms with Crippen molar-refractivity contribution in [1.29, 1.82) is 0 Å². The number of amidine groups is 1. The SMILES string of the molecule is CN(c1cnc(C(N)=NO)cn1)C1CCCC1. The molecule has 17 heavy (non-hydrogen) atoms. The number of aromatic nitrogens is 2. The lowest BCUT2D eigenvalue weighted by Gasteiger charge is -2.24. The molecular weight excluding hydrogens is 218 g/mol. The van der Waals surface area contributed by atoms with Gasteiger partial charge in [-0.2, -0.15) is 0 Å². The first kappa shape index (κ1) is 11.6. The molecule has 0 bridgehead atoms. The summed E-state index contributed by atoms with van der Waals surface area (Å²) < 4.78 is 0. The quantitative estimate of drug-likeness (QED) is 0.352. The summed E-state index contributed by atoms with van der Waals surface area (Å²) in [6, 6.07) is 0.555. The van der Waals surface area contributed by atoms with Gasteiger partial charge in [-0.1, -0.05) is 18.0 Å². The van der Waals surface area contributed by atoms with Crippen molar-refractivity contribution in [2.75, 3.05) is 11.9 Å². The van der Waals surface area contributed by atoms with Crippen LogP contribution in [-0.2, 0) is 0 Å². The Labute approximate surface area is 100 Å². The third kappa shape index (κ3) is 2.46. The van der Waals surface area contributed by atoms with E-state index in [1.165, 1.54) is 31.9 Å². The van der Waals surface area contributed by atoms with Crippen LogP contribution in [0.4, 0.5) is 5.82 Å². The molecule has 1 fully saturated rings. The molecular formula is C11H17N5O. The normalized spacial score (nSPS) is 17.4. The van der Waals surface area contributed by atoms with Crippen molar-refractivity contribution < 1.29 is 5.21 Å². The predicted molar refractivity (Wildman–Crippen MR) is 65.2 cm³/mol. The summed E-state index contributed by atoms with van der Waals surface area (Å²) in [4.78, 5) is 10.6. The van der Waals surface area contributed by atoms with E-state index >= 15 is 0 Å². The molecule has 0 aromatic carbocycles. The average molecular weight is 235 g/mol. The van der Waals surface area contributed by atoms with Gasteiger partial charge in [-0.05, 0) is 12.8 Å². The minimum atomic E-state index is -0.0208. The molecule has 0 amide bonds. The van der Waals surface area contributed by atoms with Crippen molar-refractivity contribution >= 4 is 11.7 Å². The van der Waals surface area contributed by atoms with Crippen LogP contribution < -0.4 is 10.6 Å². The zero-order valence-electron chi connectivity index (χ0n) is 9.87. The number of nitrogens with two attached hydrogens (primary N) is 1. The highest BCUT2D eigenvalue weighted by Crippen LogP contribution is 2.25. The Kier molecular flexibility index (Phi) is 3.41. The van der Waals surface area contributed by atoms with E-state index in [1.54, 1.807) is 6.20 Å². The first-order valence-electron chi connectivity index (χ1n) is 5.75. The maximum atomic E-state index is 8.52. The Morgan fingerprint density at radius 3 is 2.65 bits per heavy atom. The molecule has 6 heteroatoms. The molecule has 3 N–H and O–H groups in total. The predicted octanol–water partition coefficient (Wildman–Crippen LogP) is 0.950. The third-order valence-corrected chi connectivity index (χ3v) is 3.24. The smallest absolute Gasteiger partial charge is 0.190 e. The van der Waals surface area contributed by atoms with Gasteiger partial charge in [-0.3, -0.25) is 0 Å². The molecule has 1 aromatic heterocycles.